The molecule has 0 unspecified atom stereocenters. The summed E-state index contributed by atoms with van der Waals surface area (Å²) in [5.41, 5.74) is -0.344. The number of carbonyl (C=O) groups is 1. The van der Waals surface area contributed by atoms with Crippen LogP contribution in [0.2, 0.25) is 5.15 Å². The number of aromatic nitrogens is 2. The second-order valence-corrected chi connectivity index (χ2v) is 2.74. The molecular formula is C7H8ClN3O2. The standard InChI is InChI=1S/C7H8ClN3O2/c1-9-6(12)3-11-4-10-5(8)2-7(11)13/h2,4H,3H2,1H3,(H,9,12). The predicted molar refractivity (Wildman–Crippen MR) is 47.6 cm³/mol. The van der Waals surface area contributed by atoms with E-state index in [9.17, 15) is 9.59 Å². The van der Waals surface area contributed by atoms with Gasteiger partial charge in [-0.15, -0.1) is 0 Å². The van der Waals surface area contributed by atoms with Gasteiger partial charge in [0.2, 0.25) is 5.91 Å². The van der Waals surface area contributed by atoms with E-state index in [1.54, 1.807) is 0 Å². The van der Waals surface area contributed by atoms with E-state index in [0.717, 1.165) is 6.07 Å². The molecule has 6 heteroatoms. The summed E-state index contributed by atoms with van der Waals surface area (Å²) in [7, 11) is 1.50. The van der Waals surface area contributed by atoms with Crippen LogP contribution in [0.1, 0.15) is 0 Å². The zero-order valence-electron chi connectivity index (χ0n) is 6.95. The van der Waals surface area contributed by atoms with Gasteiger partial charge in [0.05, 0.1) is 6.33 Å². The molecule has 1 rings (SSSR count). The molecule has 1 amide bonds. The van der Waals surface area contributed by atoms with Crippen LogP contribution in [0.3, 0.4) is 0 Å². The number of rotatable bonds is 2. The topological polar surface area (TPSA) is 64.0 Å². The first kappa shape index (κ1) is 9.73. The maximum Gasteiger partial charge on any atom is 0.255 e. The van der Waals surface area contributed by atoms with Gasteiger partial charge in [0.25, 0.3) is 5.56 Å². The van der Waals surface area contributed by atoms with E-state index in [1.807, 2.05) is 0 Å². The van der Waals surface area contributed by atoms with Crippen molar-refractivity contribution in [2.45, 2.75) is 6.54 Å². The summed E-state index contributed by atoms with van der Waals surface area (Å²) in [6, 6.07) is 1.16. The minimum atomic E-state index is -0.344. The van der Waals surface area contributed by atoms with Crippen LogP contribution in [-0.4, -0.2) is 22.5 Å². The van der Waals surface area contributed by atoms with E-state index in [-0.39, 0.29) is 23.2 Å². The normalized spacial score (nSPS) is 9.69. The van der Waals surface area contributed by atoms with Crippen LogP contribution in [-0.2, 0) is 11.3 Å². The van der Waals surface area contributed by atoms with Crippen LogP contribution >= 0.6 is 11.6 Å². The van der Waals surface area contributed by atoms with Crippen molar-refractivity contribution in [3.63, 3.8) is 0 Å². The molecule has 1 heterocycles. The Morgan fingerprint density at radius 3 is 3.00 bits per heavy atom. The van der Waals surface area contributed by atoms with Gasteiger partial charge in [-0.25, -0.2) is 4.98 Å². The van der Waals surface area contributed by atoms with Gasteiger partial charge in [0.15, 0.2) is 0 Å². The summed E-state index contributed by atoms with van der Waals surface area (Å²) in [6.45, 7) is -0.0422. The summed E-state index contributed by atoms with van der Waals surface area (Å²) in [5.74, 6) is -0.258. The Kier molecular flexibility index (Phi) is 3.02. The molecule has 0 spiro atoms. The number of amides is 1. The highest BCUT2D eigenvalue weighted by molar-refractivity contribution is 6.29. The second-order valence-electron chi connectivity index (χ2n) is 2.35. The minimum absolute atomic E-state index is 0.0422. The summed E-state index contributed by atoms with van der Waals surface area (Å²) in [6.07, 6.45) is 1.24. The van der Waals surface area contributed by atoms with Crippen molar-refractivity contribution >= 4 is 17.5 Å². The number of nitrogens with one attached hydrogen (secondary N) is 1. The number of likely N-dealkylation sites (N-methyl/N-ethyl adjacent to an activating group) is 1. The fraction of sp³-hybridized carbons (Fsp3) is 0.286. The first-order valence-electron chi connectivity index (χ1n) is 3.56. The molecule has 70 valence electrons. The predicted octanol–water partition coefficient (Wildman–Crippen LogP) is -0.357. The van der Waals surface area contributed by atoms with Crippen molar-refractivity contribution in [1.29, 1.82) is 0 Å². The molecule has 0 aromatic carbocycles. The molecule has 0 saturated carbocycles. The first-order chi connectivity index (χ1) is 6.13. The summed E-state index contributed by atoms with van der Waals surface area (Å²) in [4.78, 5) is 25.7. The van der Waals surface area contributed by atoms with Crippen LogP contribution in [0, 0.1) is 0 Å². The second kappa shape index (κ2) is 4.04. The third kappa shape index (κ3) is 2.55. The number of halogens is 1. The summed E-state index contributed by atoms with van der Waals surface area (Å²) in [5, 5.41) is 2.52. The lowest BCUT2D eigenvalue weighted by atomic mass is 10.5. The lowest BCUT2D eigenvalue weighted by Gasteiger charge is -2.02. The van der Waals surface area contributed by atoms with Crippen molar-refractivity contribution in [3.05, 3.63) is 27.9 Å². The van der Waals surface area contributed by atoms with E-state index in [0.29, 0.717) is 0 Å². The van der Waals surface area contributed by atoms with E-state index < -0.39 is 0 Å². The van der Waals surface area contributed by atoms with Crippen molar-refractivity contribution in [2.24, 2.45) is 0 Å². The lowest BCUT2D eigenvalue weighted by Crippen LogP contribution is -2.29. The average Bonchev–Trinajstić information content (AvgIpc) is 2.09. The maximum atomic E-state index is 11.1. The Hall–Kier alpha value is -1.36. The summed E-state index contributed by atoms with van der Waals surface area (Å²) < 4.78 is 1.17. The number of hydrogen-bond acceptors (Lipinski definition) is 3. The van der Waals surface area contributed by atoms with E-state index in [1.165, 1.54) is 17.9 Å². The molecule has 0 aliphatic carbocycles. The molecular weight excluding hydrogens is 194 g/mol. The highest BCUT2D eigenvalue weighted by Crippen LogP contribution is 1.95. The van der Waals surface area contributed by atoms with Crippen LogP contribution in [0.15, 0.2) is 17.2 Å². The number of hydrogen-bond donors (Lipinski definition) is 1. The van der Waals surface area contributed by atoms with Crippen molar-refractivity contribution in [1.82, 2.24) is 14.9 Å². The summed E-state index contributed by atoms with van der Waals surface area (Å²) >= 11 is 5.46. The van der Waals surface area contributed by atoms with Crippen LogP contribution in [0.4, 0.5) is 0 Å². The number of carbonyl (C=O) groups excluding carboxylic acids is 1. The third-order valence-corrected chi connectivity index (χ3v) is 1.65. The molecule has 13 heavy (non-hydrogen) atoms. The Morgan fingerprint density at radius 2 is 2.46 bits per heavy atom. The van der Waals surface area contributed by atoms with Gasteiger partial charge >= 0.3 is 0 Å². The zero-order valence-corrected chi connectivity index (χ0v) is 7.71. The van der Waals surface area contributed by atoms with Gasteiger partial charge in [0.1, 0.15) is 11.7 Å². The van der Waals surface area contributed by atoms with Crippen LogP contribution in [0.5, 0.6) is 0 Å². The van der Waals surface area contributed by atoms with Crippen LogP contribution in [0.25, 0.3) is 0 Å². The molecule has 0 saturated heterocycles. The zero-order chi connectivity index (χ0) is 9.84. The maximum absolute atomic E-state index is 11.1. The molecule has 0 bridgehead atoms. The van der Waals surface area contributed by atoms with E-state index >= 15 is 0 Å². The fourth-order valence-electron chi connectivity index (χ4n) is 0.756. The molecule has 1 aromatic rings. The molecule has 5 nitrogen and oxygen atoms in total. The van der Waals surface area contributed by atoms with Gasteiger partial charge in [0, 0.05) is 13.1 Å². The molecule has 0 aliphatic heterocycles. The van der Waals surface area contributed by atoms with Gasteiger partial charge in [-0.1, -0.05) is 11.6 Å². The quantitative estimate of drug-likeness (QED) is 0.665. The first-order valence-corrected chi connectivity index (χ1v) is 3.94. The largest absolute Gasteiger partial charge is 0.358 e. The smallest absolute Gasteiger partial charge is 0.255 e. The highest BCUT2D eigenvalue weighted by atomic mass is 35.5. The number of nitrogens with zero attached hydrogens (tertiary/aromatic N) is 2. The van der Waals surface area contributed by atoms with E-state index in [4.69, 9.17) is 11.6 Å². The van der Waals surface area contributed by atoms with E-state index in [2.05, 4.69) is 10.3 Å². The average molecular weight is 202 g/mol. The Bertz CT molecular complexity index is 374. The lowest BCUT2D eigenvalue weighted by molar-refractivity contribution is -0.121. The monoisotopic (exact) mass is 201 g/mol. The Balaban J connectivity index is 2.90. The third-order valence-electron chi connectivity index (χ3n) is 1.44. The van der Waals surface area contributed by atoms with Gasteiger partial charge < -0.3 is 5.32 Å². The molecule has 0 fully saturated rings. The Morgan fingerprint density at radius 1 is 1.77 bits per heavy atom. The van der Waals surface area contributed by atoms with Crippen molar-refractivity contribution < 1.29 is 4.79 Å². The SMILES string of the molecule is CNC(=O)Cn1cnc(Cl)cc1=O. The molecule has 0 radical (unpaired) electrons. The van der Waals surface area contributed by atoms with Crippen molar-refractivity contribution in [2.75, 3.05) is 7.05 Å². The minimum Gasteiger partial charge on any atom is -0.358 e. The van der Waals surface area contributed by atoms with Gasteiger partial charge in [-0.3, -0.25) is 14.2 Å². The van der Waals surface area contributed by atoms with Gasteiger partial charge in [-0.2, -0.15) is 0 Å². The molecule has 0 aliphatic rings. The highest BCUT2D eigenvalue weighted by Gasteiger charge is 2.02. The molecule has 1 aromatic heterocycles. The van der Waals surface area contributed by atoms with Crippen LogP contribution < -0.4 is 10.9 Å². The van der Waals surface area contributed by atoms with Crippen molar-refractivity contribution in [3.8, 4) is 0 Å². The fourth-order valence-corrected chi connectivity index (χ4v) is 0.893. The van der Waals surface area contributed by atoms with Gasteiger partial charge in [-0.05, 0) is 0 Å². The Labute approximate surface area is 79.4 Å². The molecule has 1 N–H and O–H groups in total. The molecule has 0 atom stereocenters.